The highest BCUT2D eigenvalue weighted by atomic mass is 16.5. The number of hydrogen-bond acceptors (Lipinski definition) is 6. The van der Waals surface area contributed by atoms with Crippen LogP contribution in [0.15, 0.2) is 48.5 Å². The van der Waals surface area contributed by atoms with Crippen molar-refractivity contribution in [3.8, 4) is 22.6 Å². The number of rotatable bonds is 9. The largest absolute Gasteiger partial charge is 0.491 e. The molecule has 0 fully saturated rings. The van der Waals surface area contributed by atoms with E-state index >= 15 is 0 Å². The van der Waals surface area contributed by atoms with E-state index in [1.165, 1.54) is 33.4 Å². The Morgan fingerprint density at radius 3 is 2.58 bits per heavy atom. The third kappa shape index (κ3) is 4.97. The summed E-state index contributed by atoms with van der Waals surface area (Å²) in [6, 6.07) is 16.9. The lowest BCUT2D eigenvalue weighted by atomic mass is 9.90. The number of aromatic nitrogens is 4. The lowest BCUT2D eigenvalue weighted by Crippen LogP contribution is -2.04. The van der Waals surface area contributed by atoms with Crippen LogP contribution in [0.5, 0.6) is 11.5 Å². The summed E-state index contributed by atoms with van der Waals surface area (Å²) < 4.78 is 11.9. The van der Waals surface area contributed by atoms with E-state index in [1.807, 2.05) is 12.1 Å². The van der Waals surface area contributed by atoms with E-state index in [2.05, 4.69) is 77.8 Å². The topological polar surface area (TPSA) is 93.1 Å². The molecule has 1 aliphatic carbocycles. The van der Waals surface area contributed by atoms with Gasteiger partial charge in [-0.1, -0.05) is 29.5 Å². The van der Waals surface area contributed by atoms with Crippen LogP contribution < -0.4 is 9.47 Å². The van der Waals surface area contributed by atoms with Gasteiger partial charge in [0, 0.05) is 6.42 Å². The van der Waals surface area contributed by atoms with Crippen LogP contribution in [0.4, 0.5) is 0 Å². The average molecular weight is 485 g/mol. The number of nitrogens with one attached hydrogen (secondary N) is 1. The first-order chi connectivity index (χ1) is 17.5. The summed E-state index contributed by atoms with van der Waals surface area (Å²) in [6.45, 7) is 7.19. The number of aliphatic hydroxyl groups is 1. The molecule has 0 spiro atoms. The molecular weight excluding hydrogens is 452 g/mol. The van der Waals surface area contributed by atoms with Crippen molar-refractivity contribution in [3.63, 3.8) is 0 Å². The van der Waals surface area contributed by atoms with Crippen molar-refractivity contribution in [2.45, 2.75) is 52.6 Å². The lowest BCUT2D eigenvalue weighted by molar-refractivity contribution is 0.201. The van der Waals surface area contributed by atoms with E-state index in [1.54, 1.807) is 0 Å². The van der Waals surface area contributed by atoms with E-state index < -0.39 is 0 Å². The van der Waals surface area contributed by atoms with E-state index in [0.717, 1.165) is 47.7 Å². The molecule has 7 heteroatoms. The number of H-pyrrole nitrogens is 1. The Balaban J connectivity index is 1.31. The van der Waals surface area contributed by atoms with Gasteiger partial charge in [-0.2, -0.15) is 5.21 Å². The highest BCUT2D eigenvalue weighted by Crippen LogP contribution is 2.38. The van der Waals surface area contributed by atoms with Crippen molar-refractivity contribution < 1.29 is 14.6 Å². The first kappa shape index (κ1) is 24.0. The van der Waals surface area contributed by atoms with Gasteiger partial charge in [-0.15, -0.1) is 10.2 Å². The van der Waals surface area contributed by atoms with Crippen LogP contribution in [0.2, 0.25) is 0 Å². The van der Waals surface area contributed by atoms with Crippen molar-refractivity contribution in [1.82, 2.24) is 20.6 Å². The normalized spacial score (nSPS) is 14.6. The summed E-state index contributed by atoms with van der Waals surface area (Å²) in [7, 11) is 0. The smallest absolute Gasteiger partial charge is 0.175 e. The van der Waals surface area contributed by atoms with E-state index in [0.29, 0.717) is 19.1 Å². The zero-order valence-electron chi connectivity index (χ0n) is 21.0. The summed E-state index contributed by atoms with van der Waals surface area (Å²) in [6.07, 6.45) is 2.94. The summed E-state index contributed by atoms with van der Waals surface area (Å²) in [5, 5.41) is 23.5. The van der Waals surface area contributed by atoms with Gasteiger partial charge in [0.25, 0.3) is 0 Å². The Kier molecular flexibility index (Phi) is 7.00. The predicted molar refractivity (Wildman–Crippen MR) is 138 cm³/mol. The summed E-state index contributed by atoms with van der Waals surface area (Å²) in [5.74, 6) is 2.88. The summed E-state index contributed by atoms with van der Waals surface area (Å²) in [5.41, 5.74) is 9.82. The number of benzene rings is 3. The van der Waals surface area contributed by atoms with Crippen molar-refractivity contribution in [2.24, 2.45) is 0 Å². The minimum atomic E-state index is 0.00601. The molecule has 4 aromatic rings. The molecule has 1 aromatic heterocycles. The van der Waals surface area contributed by atoms with Gasteiger partial charge in [0.05, 0.1) is 6.61 Å². The third-order valence-corrected chi connectivity index (χ3v) is 7.11. The zero-order chi connectivity index (χ0) is 25.1. The third-order valence-electron chi connectivity index (χ3n) is 7.11. The first-order valence-electron chi connectivity index (χ1n) is 12.4. The lowest BCUT2D eigenvalue weighted by Gasteiger charge is -2.18. The van der Waals surface area contributed by atoms with E-state index in [-0.39, 0.29) is 6.61 Å². The van der Waals surface area contributed by atoms with E-state index in [4.69, 9.17) is 14.6 Å². The van der Waals surface area contributed by atoms with Crippen LogP contribution in [-0.4, -0.2) is 38.9 Å². The van der Waals surface area contributed by atoms with Gasteiger partial charge in [-0.3, -0.25) is 0 Å². The number of aromatic amines is 1. The molecule has 1 heterocycles. The highest BCUT2D eigenvalue weighted by Gasteiger charge is 2.24. The fourth-order valence-electron chi connectivity index (χ4n) is 5.34. The van der Waals surface area contributed by atoms with Gasteiger partial charge >= 0.3 is 0 Å². The molecule has 0 aliphatic heterocycles. The van der Waals surface area contributed by atoms with E-state index in [9.17, 15) is 0 Å². The number of aliphatic hydroxyl groups excluding tert-OH is 1. The number of nitrogens with zero attached hydrogens (tertiary/aromatic N) is 3. The predicted octanol–water partition coefficient (Wildman–Crippen LogP) is 5.01. The minimum Gasteiger partial charge on any atom is -0.491 e. The Labute approximate surface area is 211 Å². The molecule has 2 N–H and O–H groups in total. The SMILES string of the molecule is Cc1cc(OCCO)cc(C)c1-c1cccc(COc2ccc3c(c2)CCC3Cc2nn[nH]n2)c1C. The number of tetrazole rings is 1. The van der Waals surface area contributed by atoms with Crippen LogP contribution in [0.1, 0.15) is 51.5 Å². The molecule has 0 radical (unpaired) electrons. The van der Waals surface area contributed by atoms with Gasteiger partial charge in [0.1, 0.15) is 24.7 Å². The van der Waals surface area contributed by atoms with Crippen LogP contribution in [0, 0.1) is 20.8 Å². The molecule has 36 heavy (non-hydrogen) atoms. The molecule has 1 aliphatic rings. The first-order valence-corrected chi connectivity index (χ1v) is 12.4. The molecule has 3 aromatic carbocycles. The fourth-order valence-corrected chi connectivity index (χ4v) is 5.34. The molecule has 0 saturated carbocycles. The molecule has 0 amide bonds. The van der Waals surface area contributed by atoms with Gasteiger partial charge in [-0.25, -0.2) is 0 Å². The zero-order valence-corrected chi connectivity index (χ0v) is 21.0. The molecule has 186 valence electrons. The highest BCUT2D eigenvalue weighted by molar-refractivity contribution is 5.75. The molecule has 1 atom stereocenters. The van der Waals surface area contributed by atoms with Gasteiger partial charge in [0.2, 0.25) is 0 Å². The Morgan fingerprint density at radius 2 is 1.83 bits per heavy atom. The average Bonchev–Trinajstić information content (AvgIpc) is 3.53. The maximum Gasteiger partial charge on any atom is 0.175 e. The van der Waals surface area contributed by atoms with Crippen molar-refractivity contribution in [1.29, 1.82) is 0 Å². The minimum absolute atomic E-state index is 0.00601. The molecule has 0 saturated heterocycles. The van der Waals surface area contributed by atoms with Crippen molar-refractivity contribution >= 4 is 0 Å². The number of fused-ring (bicyclic) bond motifs is 1. The second kappa shape index (κ2) is 10.5. The van der Waals surface area contributed by atoms with Crippen molar-refractivity contribution in [3.05, 3.63) is 87.7 Å². The molecule has 7 nitrogen and oxygen atoms in total. The summed E-state index contributed by atoms with van der Waals surface area (Å²) in [4.78, 5) is 0. The monoisotopic (exact) mass is 484 g/mol. The molecular formula is C29H32N4O3. The van der Waals surface area contributed by atoms with Crippen LogP contribution in [-0.2, 0) is 19.4 Å². The Hall–Kier alpha value is -3.71. The quantitative estimate of drug-likeness (QED) is 0.347. The molecule has 0 bridgehead atoms. The maximum atomic E-state index is 9.06. The van der Waals surface area contributed by atoms with Gasteiger partial charge in [-0.05, 0) is 108 Å². The fraction of sp³-hybridized carbons (Fsp3) is 0.345. The number of hydrogen-bond donors (Lipinski definition) is 2. The molecule has 5 rings (SSSR count). The second-order valence-corrected chi connectivity index (χ2v) is 9.51. The van der Waals surface area contributed by atoms with Gasteiger partial charge in [0.15, 0.2) is 5.82 Å². The van der Waals surface area contributed by atoms with Crippen LogP contribution in [0.25, 0.3) is 11.1 Å². The Bertz CT molecular complexity index is 1330. The van der Waals surface area contributed by atoms with Gasteiger partial charge < -0.3 is 14.6 Å². The van der Waals surface area contributed by atoms with Crippen LogP contribution >= 0.6 is 0 Å². The second-order valence-electron chi connectivity index (χ2n) is 9.51. The maximum absolute atomic E-state index is 9.06. The molecule has 1 unspecified atom stereocenters. The van der Waals surface area contributed by atoms with Crippen LogP contribution in [0.3, 0.4) is 0 Å². The summed E-state index contributed by atoms with van der Waals surface area (Å²) >= 11 is 0. The number of ether oxygens (including phenoxy) is 2. The van der Waals surface area contributed by atoms with Crippen molar-refractivity contribution in [2.75, 3.05) is 13.2 Å². The standard InChI is InChI=1S/C29H32N4O3/c1-18-13-25(35-12-11-34)14-19(2)29(18)26-6-4-5-23(20(26)3)17-36-24-9-10-27-21(15-24)7-8-22(27)16-28-30-32-33-31-28/h4-6,9-10,13-15,22,34H,7-8,11-12,16-17H2,1-3H3,(H,30,31,32,33). The number of aryl methyl sites for hydroxylation is 3. The Morgan fingerprint density at radius 1 is 1.00 bits per heavy atom.